The van der Waals surface area contributed by atoms with Crippen LogP contribution in [-0.2, 0) is 15.1 Å². The first-order valence-corrected chi connectivity index (χ1v) is 7.65. The van der Waals surface area contributed by atoms with Crippen LogP contribution in [0.1, 0.15) is 25.3 Å². The molecule has 1 amide bonds. The Bertz CT molecular complexity index is 670. The standard InChI is InChI=1S/C16H15ClF3NO2/c1-9-14(22)21-13-5-4-11(17)8-12(13)15(23-9,16(18,19)20)7-6-10-2-3-10/h4-10H,2-3H2,1H3,(H,21,22)/b7-6+/t9-,15-/m0/s1. The molecule has 7 heteroatoms. The topological polar surface area (TPSA) is 38.3 Å². The summed E-state index contributed by atoms with van der Waals surface area (Å²) in [6.07, 6.45) is -1.74. The van der Waals surface area contributed by atoms with Crippen molar-refractivity contribution in [3.63, 3.8) is 0 Å². The summed E-state index contributed by atoms with van der Waals surface area (Å²) in [5.74, 6) is -0.498. The predicted octanol–water partition coefficient (Wildman–Crippen LogP) is 4.42. The summed E-state index contributed by atoms with van der Waals surface area (Å²) in [4.78, 5) is 12.0. The lowest BCUT2D eigenvalue weighted by Gasteiger charge is -2.34. The van der Waals surface area contributed by atoms with Crippen molar-refractivity contribution in [3.8, 4) is 0 Å². The van der Waals surface area contributed by atoms with E-state index >= 15 is 0 Å². The highest BCUT2D eigenvalue weighted by molar-refractivity contribution is 6.30. The number of carbonyl (C=O) groups excluding carboxylic acids is 1. The number of halogens is 4. The van der Waals surface area contributed by atoms with Crippen LogP contribution in [0.3, 0.4) is 0 Å². The number of nitrogens with one attached hydrogen (secondary N) is 1. The zero-order valence-corrected chi connectivity index (χ0v) is 13.0. The second kappa shape index (κ2) is 5.53. The van der Waals surface area contributed by atoms with Crippen molar-refractivity contribution < 1.29 is 22.7 Å². The second-order valence-electron chi connectivity index (χ2n) is 5.87. The number of hydrogen-bond acceptors (Lipinski definition) is 2. The zero-order valence-electron chi connectivity index (χ0n) is 12.3. The summed E-state index contributed by atoms with van der Waals surface area (Å²) < 4.78 is 47.3. The number of anilines is 1. The van der Waals surface area contributed by atoms with Crippen molar-refractivity contribution in [1.82, 2.24) is 0 Å². The van der Waals surface area contributed by atoms with Gasteiger partial charge in [-0.2, -0.15) is 13.2 Å². The van der Waals surface area contributed by atoms with E-state index in [0.717, 1.165) is 18.9 Å². The van der Waals surface area contributed by atoms with E-state index in [1.54, 1.807) is 0 Å². The molecular formula is C16H15ClF3NO2. The van der Waals surface area contributed by atoms with Crippen LogP contribution in [0.4, 0.5) is 18.9 Å². The highest BCUT2D eigenvalue weighted by Crippen LogP contribution is 2.49. The van der Waals surface area contributed by atoms with E-state index in [1.807, 2.05) is 0 Å². The quantitative estimate of drug-likeness (QED) is 0.806. The average molecular weight is 346 g/mol. The summed E-state index contributed by atoms with van der Waals surface area (Å²) in [5.41, 5.74) is -2.84. The first-order valence-electron chi connectivity index (χ1n) is 7.28. The zero-order chi connectivity index (χ0) is 16.8. The number of carbonyl (C=O) groups is 1. The molecule has 0 saturated heterocycles. The van der Waals surface area contributed by atoms with E-state index in [0.29, 0.717) is 0 Å². The van der Waals surface area contributed by atoms with Crippen molar-refractivity contribution in [3.05, 3.63) is 40.9 Å². The van der Waals surface area contributed by atoms with Crippen LogP contribution in [0.25, 0.3) is 0 Å². The molecule has 0 unspecified atom stereocenters. The Kier molecular flexibility index (Phi) is 3.92. The number of rotatable bonds is 2. The molecule has 0 bridgehead atoms. The summed E-state index contributed by atoms with van der Waals surface area (Å²) >= 11 is 5.90. The average Bonchev–Trinajstić information content (AvgIpc) is 3.27. The number of allylic oxidation sites excluding steroid dienone is 1. The normalized spacial score (nSPS) is 28.4. The minimum Gasteiger partial charge on any atom is -0.344 e. The summed E-state index contributed by atoms with van der Waals surface area (Å²) in [7, 11) is 0. The third-order valence-electron chi connectivity index (χ3n) is 4.02. The minimum atomic E-state index is -4.74. The van der Waals surface area contributed by atoms with Crippen LogP contribution >= 0.6 is 11.6 Å². The molecule has 1 aliphatic carbocycles. The van der Waals surface area contributed by atoms with Gasteiger partial charge in [0.15, 0.2) is 0 Å². The van der Waals surface area contributed by atoms with Crippen molar-refractivity contribution in [2.24, 2.45) is 5.92 Å². The third kappa shape index (κ3) is 2.97. The van der Waals surface area contributed by atoms with Gasteiger partial charge in [0.05, 0.1) is 0 Å². The van der Waals surface area contributed by atoms with E-state index in [4.69, 9.17) is 16.3 Å². The smallest absolute Gasteiger partial charge is 0.344 e. The summed E-state index contributed by atoms with van der Waals surface area (Å²) in [6, 6.07) is 3.99. The Morgan fingerprint density at radius 2 is 2.09 bits per heavy atom. The summed E-state index contributed by atoms with van der Waals surface area (Å²) in [6.45, 7) is 1.30. The fourth-order valence-corrected chi connectivity index (χ4v) is 2.74. The number of fused-ring (bicyclic) bond motifs is 1. The SMILES string of the molecule is C[C@@H]1O[C@](/C=C/C2CC2)(C(F)(F)F)c2cc(Cl)ccc2NC1=O. The molecule has 1 aromatic carbocycles. The van der Waals surface area contributed by atoms with Crippen LogP contribution < -0.4 is 5.32 Å². The Labute approximate surface area is 136 Å². The van der Waals surface area contributed by atoms with Gasteiger partial charge in [-0.25, -0.2) is 0 Å². The van der Waals surface area contributed by atoms with Crippen molar-refractivity contribution in [2.45, 2.75) is 37.6 Å². The van der Waals surface area contributed by atoms with Gasteiger partial charge in [0, 0.05) is 16.3 Å². The fraction of sp³-hybridized carbons (Fsp3) is 0.438. The second-order valence-corrected chi connectivity index (χ2v) is 6.31. The molecule has 2 atom stereocenters. The van der Waals surface area contributed by atoms with Gasteiger partial charge in [0.25, 0.3) is 5.91 Å². The van der Waals surface area contributed by atoms with Gasteiger partial charge in [0.2, 0.25) is 5.60 Å². The third-order valence-corrected chi connectivity index (χ3v) is 4.25. The van der Waals surface area contributed by atoms with Crippen LogP contribution in [0, 0.1) is 5.92 Å². The molecule has 23 heavy (non-hydrogen) atoms. The van der Waals surface area contributed by atoms with E-state index in [-0.39, 0.29) is 22.2 Å². The van der Waals surface area contributed by atoms with Crippen molar-refractivity contribution >= 4 is 23.2 Å². The highest BCUT2D eigenvalue weighted by Gasteiger charge is 2.59. The van der Waals surface area contributed by atoms with Gasteiger partial charge in [-0.1, -0.05) is 17.7 Å². The Morgan fingerprint density at radius 1 is 1.39 bits per heavy atom. The fourth-order valence-electron chi connectivity index (χ4n) is 2.57. The number of benzene rings is 1. The van der Waals surface area contributed by atoms with Crippen molar-refractivity contribution in [2.75, 3.05) is 5.32 Å². The molecule has 0 radical (unpaired) electrons. The Balaban J connectivity index is 2.22. The van der Waals surface area contributed by atoms with Gasteiger partial charge in [-0.3, -0.25) is 4.79 Å². The maximum atomic E-state index is 14.0. The Morgan fingerprint density at radius 3 is 2.70 bits per heavy atom. The van der Waals surface area contributed by atoms with Crippen LogP contribution in [-0.4, -0.2) is 18.2 Å². The molecule has 0 aromatic heterocycles. The van der Waals surface area contributed by atoms with Crippen LogP contribution in [0.5, 0.6) is 0 Å². The van der Waals surface area contributed by atoms with Gasteiger partial charge >= 0.3 is 6.18 Å². The lowest BCUT2D eigenvalue weighted by molar-refractivity contribution is -0.271. The number of hydrogen-bond donors (Lipinski definition) is 1. The summed E-state index contributed by atoms with van der Waals surface area (Å²) in [5, 5.41) is 2.62. The molecule has 2 aliphatic rings. The molecule has 1 heterocycles. The van der Waals surface area contributed by atoms with E-state index in [2.05, 4.69) is 5.32 Å². The first kappa shape index (κ1) is 16.3. The molecule has 3 rings (SSSR count). The molecule has 124 valence electrons. The highest BCUT2D eigenvalue weighted by atomic mass is 35.5. The lowest BCUT2D eigenvalue weighted by Crippen LogP contribution is -2.45. The van der Waals surface area contributed by atoms with Crippen molar-refractivity contribution in [1.29, 1.82) is 0 Å². The molecule has 1 fully saturated rings. The molecule has 0 spiro atoms. The van der Waals surface area contributed by atoms with Gasteiger partial charge < -0.3 is 10.1 Å². The van der Waals surface area contributed by atoms with Gasteiger partial charge in [-0.15, -0.1) is 0 Å². The molecule has 3 nitrogen and oxygen atoms in total. The van der Waals surface area contributed by atoms with Gasteiger partial charge in [-0.05, 0) is 50.0 Å². The minimum absolute atomic E-state index is 0.0570. The largest absolute Gasteiger partial charge is 0.425 e. The monoisotopic (exact) mass is 345 g/mol. The molecule has 1 aliphatic heterocycles. The van der Waals surface area contributed by atoms with Gasteiger partial charge in [0.1, 0.15) is 6.10 Å². The lowest BCUT2D eigenvalue weighted by atomic mass is 9.90. The molecular weight excluding hydrogens is 331 g/mol. The number of ether oxygens (including phenoxy) is 1. The maximum Gasteiger partial charge on any atom is 0.425 e. The molecule has 1 N–H and O–H groups in total. The van der Waals surface area contributed by atoms with E-state index in [1.165, 1.54) is 31.2 Å². The predicted molar refractivity (Wildman–Crippen MR) is 80.2 cm³/mol. The number of amides is 1. The van der Waals surface area contributed by atoms with E-state index < -0.39 is 23.8 Å². The molecule has 1 aromatic rings. The molecule has 1 saturated carbocycles. The Hall–Kier alpha value is -1.53. The number of alkyl halides is 3. The van der Waals surface area contributed by atoms with Crippen LogP contribution in [0.2, 0.25) is 5.02 Å². The first-order chi connectivity index (χ1) is 10.7. The maximum absolute atomic E-state index is 14.0. The van der Waals surface area contributed by atoms with Crippen LogP contribution in [0.15, 0.2) is 30.4 Å². The van der Waals surface area contributed by atoms with E-state index in [9.17, 15) is 18.0 Å².